The summed E-state index contributed by atoms with van der Waals surface area (Å²) < 4.78 is 0. The summed E-state index contributed by atoms with van der Waals surface area (Å²) in [6.07, 6.45) is 1.58. The van der Waals surface area contributed by atoms with Gasteiger partial charge < -0.3 is 0 Å². The molecule has 1 heterocycles. The van der Waals surface area contributed by atoms with Gasteiger partial charge in [0, 0.05) is 6.20 Å². The molecule has 0 aliphatic carbocycles. The van der Waals surface area contributed by atoms with E-state index in [1.54, 1.807) is 18.3 Å². The molecule has 0 saturated heterocycles. The first-order chi connectivity index (χ1) is 5.72. The van der Waals surface area contributed by atoms with Crippen molar-refractivity contribution in [2.24, 2.45) is 0 Å². The Labute approximate surface area is 80.6 Å². The molecule has 0 N–H and O–H groups in total. The van der Waals surface area contributed by atoms with Gasteiger partial charge in [-0.15, -0.1) is 0 Å². The maximum atomic E-state index is 8.53. The minimum atomic E-state index is -0.0707. The zero-order valence-electron chi connectivity index (χ0n) is 6.49. The van der Waals surface area contributed by atoms with Gasteiger partial charge in [0.1, 0.15) is 0 Å². The molecule has 1 atom stereocenters. The summed E-state index contributed by atoms with van der Waals surface area (Å²) in [6.45, 7) is 1.83. The van der Waals surface area contributed by atoms with E-state index >= 15 is 0 Å². The number of thioether (sulfide) groups is 1. The quantitative estimate of drug-likeness (QED) is 0.686. The number of aromatic nitrogens is 1. The summed E-state index contributed by atoms with van der Waals surface area (Å²) in [7, 11) is 0. The van der Waals surface area contributed by atoms with Gasteiger partial charge >= 0.3 is 0 Å². The highest BCUT2D eigenvalue weighted by atomic mass is 35.5. The minimum absolute atomic E-state index is 0.0707. The van der Waals surface area contributed by atoms with Crippen molar-refractivity contribution in [2.75, 3.05) is 0 Å². The summed E-state index contributed by atoms with van der Waals surface area (Å²) in [5.41, 5.74) is 0. The third kappa shape index (κ3) is 2.72. The van der Waals surface area contributed by atoms with Crippen molar-refractivity contribution in [2.45, 2.75) is 17.2 Å². The van der Waals surface area contributed by atoms with Crippen LogP contribution in [0.5, 0.6) is 0 Å². The van der Waals surface area contributed by atoms with Gasteiger partial charge in [0.25, 0.3) is 0 Å². The van der Waals surface area contributed by atoms with Crippen LogP contribution in [0.15, 0.2) is 23.4 Å². The summed E-state index contributed by atoms with van der Waals surface area (Å²) in [5, 5.41) is 9.90. The predicted octanol–water partition coefficient (Wildman–Crippen LogP) is 2.74. The topological polar surface area (TPSA) is 36.7 Å². The number of nitrogens with zero attached hydrogens (tertiary/aromatic N) is 2. The molecule has 62 valence electrons. The molecule has 0 aliphatic rings. The monoisotopic (exact) mass is 198 g/mol. The van der Waals surface area contributed by atoms with Gasteiger partial charge in [0.2, 0.25) is 0 Å². The zero-order chi connectivity index (χ0) is 8.97. The second-order valence-electron chi connectivity index (χ2n) is 2.20. The number of halogens is 1. The van der Waals surface area contributed by atoms with Crippen LogP contribution in [0.4, 0.5) is 0 Å². The number of hydrogen-bond donors (Lipinski definition) is 0. The van der Waals surface area contributed by atoms with Crippen molar-refractivity contribution in [1.82, 2.24) is 4.98 Å². The Morgan fingerprint density at radius 2 is 2.42 bits per heavy atom. The van der Waals surface area contributed by atoms with E-state index < -0.39 is 0 Å². The Balaban J connectivity index is 2.66. The van der Waals surface area contributed by atoms with Crippen molar-refractivity contribution in [3.63, 3.8) is 0 Å². The van der Waals surface area contributed by atoms with Gasteiger partial charge in [-0.05, 0) is 19.1 Å². The largest absolute Gasteiger partial charge is 0.248 e. The van der Waals surface area contributed by atoms with Crippen molar-refractivity contribution in [3.05, 3.63) is 23.4 Å². The first kappa shape index (κ1) is 9.37. The summed E-state index contributed by atoms with van der Waals surface area (Å²) >= 11 is 7.07. The molecular formula is C8H7ClN2S. The SMILES string of the molecule is CC(C#N)Sc1ccc(Cl)cn1. The van der Waals surface area contributed by atoms with E-state index in [2.05, 4.69) is 11.1 Å². The van der Waals surface area contributed by atoms with Crippen LogP contribution < -0.4 is 0 Å². The Kier molecular flexibility index (Phi) is 3.39. The highest BCUT2D eigenvalue weighted by Crippen LogP contribution is 2.21. The molecular weight excluding hydrogens is 192 g/mol. The van der Waals surface area contributed by atoms with Crippen molar-refractivity contribution in [3.8, 4) is 6.07 Å². The van der Waals surface area contributed by atoms with Gasteiger partial charge in [-0.2, -0.15) is 5.26 Å². The van der Waals surface area contributed by atoms with E-state index in [0.717, 1.165) is 5.03 Å². The van der Waals surface area contributed by atoms with E-state index in [1.807, 2.05) is 6.92 Å². The normalized spacial score (nSPS) is 12.1. The first-order valence-corrected chi connectivity index (χ1v) is 4.66. The molecule has 2 nitrogen and oxygen atoms in total. The van der Waals surface area contributed by atoms with Crippen molar-refractivity contribution < 1.29 is 0 Å². The fourth-order valence-electron chi connectivity index (χ4n) is 0.639. The van der Waals surface area contributed by atoms with E-state index in [1.165, 1.54) is 11.8 Å². The standard InChI is InChI=1S/C8H7ClN2S/c1-6(4-10)12-8-3-2-7(9)5-11-8/h2-3,5-6H,1H3. The zero-order valence-corrected chi connectivity index (χ0v) is 8.06. The molecule has 0 aliphatic heterocycles. The van der Waals surface area contributed by atoms with E-state index in [-0.39, 0.29) is 5.25 Å². The second-order valence-corrected chi connectivity index (χ2v) is 4.00. The number of pyridine rings is 1. The maximum absolute atomic E-state index is 8.53. The molecule has 0 bridgehead atoms. The molecule has 4 heteroatoms. The average Bonchev–Trinajstić information content (AvgIpc) is 2.09. The lowest BCUT2D eigenvalue weighted by Crippen LogP contribution is -1.90. The maximum Gasteiger partial charge on any atom is 0.0973 e. The Bertz CT molecular complexity index is 291. The summed E-state index contributed by atoms with van der Waals surface area (Å²) in [5.74, 6) is 0. The molecule has 1 unspecified atom stereocenters. The fourth-order valence-corrected chi connectivity index (χ4v) is 1.43. The minimum Gasteiger partial charge on any atom is -0.248 e. The number of hydrogen-bond acceptors (Lipinski definition) is 3. The average molecular weight is 199 g/mol. The lowest BCUT2D eigenvalue weighted by molar-refractivity contribution is 1.12. The predicted molar refractivity (Wildman–Crippen MR) is 50.2 cm³/mol. The van der Waals surface area contributed by atoms with Gasteiger partial charge in [0.05, 0.1) is 21.4 Å². The molecule has 0 amide bonds. The third-order valence-electron chi connectivity index (χ3n) is 1.18. The Morgan fingerprint density at radius 1 is 1.67 bits per heavy atom. The van der Waals surface area contributed by atoms with Crippen LogP contribution in [0.25, 0.3) is 0 Å². The van der Waals surface area contributed by atoms with Crippen LogP contribution in [0.2, 0.25) is 5.02 Å². The van der Waals surface area contributed by atoms with Crippen molar-refractivity contribution >= 4 is 23.4 Å². The van der Waals surface area contributed by atoms with Gasteiger partial charge in [-0.1, -0.05) is 23.4 Å². The highest BCUT2D eigenvalue weighted by Gasteiger charge is 2.02. The summed E-state index contributed by atoms with van der Waals surface area (Å²) in [6, 6.07) is 5.69. The van der Waals surface area contributed by atoms with Crippen LogP contribution in [-0.2, 0) is 0 Å². The van der Waals surface area contributed by atoms with E-state index in [0.29, 0.717) is 5.02 Å². The fraction of sp³-hybridized carbons (Fsp3) is 0.250. The molecule has 0 spiro atoms. The molecule has 0 fully saturated rings. The third-order valence-corrected chi connectivity index (χ3v) is 2.35. The molecule has 1 rings (SSSR count). The number of rotatable bonds is 2. The van der Waals surface area contributed by atoms with Crippen LogP contribution in [0.3, 0.4) is 0 Å². The Morgan fingerprint density at radius 3 is 2.92 bits per heavy atom. The highest BCUT2D eigenvalue weighted by molar-refractivity contribution is 8.00. The molecule has 0 saturated carbocycles. The molecule has 0 aromatic carbocycles. The second kappa shape index (κ2) is 4.34. The van der Waals surface area contributed by atoms with Crippen molar-refractivity contribution in [1.29, 1.82) is 5.26 Å². The molecule has 1 aromatic heterocycles. The van der Waals surface area contributed by atoms with Gasteiger partial charge in [-0.3, -0.25) is 0 Å². The summed E-state index contributed by atoms with van der Waals surface area (Å²) in [4.78, 5) is 4.05. The van der Waals surface area contributed by atoms with Gasteiger partial charge in [0.15, 0.2) is 0 Å². The van der Waals surface area contributed by atoms with E-state index in [4.69, 9.17) is 16.9 Å². The smallest absolute Gasteiger partial charge is 0.0973 e. The number of nitriles is 1. The van der Waals surface area contributed by atoms with Crippen LogP contribution in [0.1, 0.15) is 6.92 Å². The Hall–Kier alpha value is -0.720. The van der Waals surface area contributed by atoms with Crippen LogP contribution >= 0.6 is 23.4 Å². The first-order valence-electron chi connectivity index (χ1n) is 3.40. The van der Waals surface area contributed by atoms with Crippen LogP contribution in [0, 0.1) is 11.3 Å². The molecule has 12 heavy (non-hydrogen) atoms. The van der Waals surface area contributed by atoms with Gasteiger partial charge in [-0.25, -0.2) is 4.98 Å². The molecule has 1 aromatic rings. The lowest BCUT2D eigenvalue weighted by Gasteiger charge is -2.00. The van der Waals surface area contributed by atoms with E-state index in [9.17, 15) is 0 Å². The lowest BCUT2D eigenvalue weighted by atomic mass is 10.5. The molecule has 0 radical (unpaired) electrons. The van der Waals surface area contributed by atoms with Crippen LogP contribution in [-0.4, -0.2) is 10.2 Å².